The number of para-hydroxylation sites is 1. The molecule has 1 amide bonds. The number of amides is 1. The first-order valence-electron chi connectivity index (χ1n) is 5.96. The maximum absolute atomic E-state index is 12.3. The van der Waals surface area contributed by atoms with Crippen LogP contribution in [0.5, 0.6) is 0 Å². The lowest BCUT2D eigenvalue weighted by Crippen LogP contribution is -2.39. The molecule has 20 heavy (non-hydrogen) atoms. The summed E-state index contributed by atoms with van der Waals surface area (Å²) < 4.78 is -1.98. The summed E-state index contributed by atoms with van der Waals surface area (Å²) in [5, 5.41) is 0. The Morgan fingerprint density at radius 3 is 1.90 bits per heavy atom. The molecule has 0 aliphatic rings. The molecule has 0 saturated carbocycles. The molecule has 2 rings (SSSR count). The summed E-state index contributed by atoms with van der Waals surface area (Å²) in [7, 11) is 0. The molecular weight excluding hydrogens is 317 g/mol. The van der Waals surface area contributed by atoms with Crippen LogP contribution in [0, 0.1) is 0 Å². The van der Waals surface area contributed by atoms with Gasteiger partial charge in [-0.15, -0.1) is 0 Å². The van der Waals surface area contributed by atoms with Gasteiger partial charge in [-0.3, -0.25) is 4.79 Å². The van der Waals surface area contributed by atoms with Crippen LogP contribution in [0.1, 0.15) is 5.56 Å². The number of alkyl halides is 3. The van der Waals surface area contributed by atoms with Crippen LogP contribution in [0.3, 0.4) is 0 Å². The van der Waals surface area contributed by atoms with Gasteiger partial charge in [-0.2, -0.15) is 0 Å². The predicted octanol–water partition coefficient (Wildman–Crippen LogP) is 4.59. The molecule has 5 heteroatoms. The van der Waals surface area contributed by atoms with Gasteiger partial charge in [-0.05, 0) is 17.7 Å². The SMILES string of the molecule is O=C(N(Cc1ccccc1)c1ccccc1)C(Cl)(Cl)Cl. The van der Waals surface area contributed by atoms with Gasteiger partial charge in [-0.25, -0.2) is 0 Å². The summed E-state index contributed by atoms with van der Waals surface area (Å²) in [6.45, 7) is 0.345. The van der Waals surface area contributed by atoms with Gasteiger partial charge in [0.2, 0.25) is 0 Å². The lowest BCUT2D eigenvalue weighted by molar-refractivity contribution is -0.117. The van der Waals surface area contributed by atoms with Crippen LogP contribution >= 0.6 is 34.8 Å². The Hall–Kier alpha value is -1.22. The van der Waals surface area contributed by atoms with Crippen molar-refractivity contribution in [2.75, 3.05) is 4.90 Å². The van der Waals surface area contributed by atoms with E-state index in [0.29, 0.717) is 12.2 Å². The second kappa shape index (κ2) is 6.49. The molecular formula is C15H12Cl3NO. The van der Waals surface area contributed by atoms with Crippen molar-refractivity contribution in [3.63, 3.8) is 0 Å². The number of anilines is 1. The first-order chi connectivity index (χ1) is 9.48. The molecule has 2 aromatic carbocycles. The zero-order valence-corrected chi connectivity index (χ0v) is 12.7. The van der Waals surface area contributed by atoms with Crippen molar-refractivity contribution in [1.29, 1.82) is 0 Å². The molecule has 0 saturated heterocycles. The van der Waals surface area contributed by atoms with E-state index in [-0.39, 0.29) is 0 Å². The van der Waals surface area contributed by atoms with Crippen molar-refractivity contribution < 1.29 is 4.79 Å². The van der Waals surface area contributed by atoms with E-state index in [1.54, 1.807) is 12.1 Å². The van der Waals surface area contributed by atoms with Crippen LogP contribution in [-0.2, 0) is 11.3 Å². The van der Waals surface area contributed by atoms with E-state index in [2.05, 4.69) is 0 Å². The molecule has 0 fully saturated rings. The molecule has 0 bridgehead atoms. The first kappa shape index (κ1) is 15.2. The van der Waals surface area contributed by atoms with E-state index in [9.17, 15) is 4.79 Å². The fraction of sp³-hybridized carbons (Fsp3) is 0.133. The minimum atomic E-state index is -1.98. The molecule has 0 N–H and O–H groups in total. The van der Waals surface area contributed by atoms with E-state index in [0.717, 1.165) is 5.56 Å². The summed E-state index contributed by atoms with van der Waals surface area (Å²) in [5.74, 6) is -0.572. The lowest BCUT2D eigenvalue weighted by atomic mass is 10.2. The fourth-order valence-corrected chi connectivity index (χ4v) is 2.11. The third-order valence-electron chi connectivity index (χ3n) is 2.74. The Morgan fingerprint density at radius 2 is 1.40 bits per heavy atom. The zero-order valence-electron chi connectivity index (χ0n) is 10.5. The fourth-order valence-electron chi connectivity index (χ4n) is 1.81. The van der Waals surface area contributed by atoms with Crippen molar-refractivity contribution >= 4 is 46.4 Å². The maximum Gasteiger partial charge on any atom is 0.279 e. The Kier molecular flexibility index (Phi) is 4.92. The van der Waals surface area contributed by atoms with E-state index >= 15 is 0 Å². The maximum atomic E-state index is 12.3. The van der Waals surface area contributed by atoms with Gasteiger partial charge in [0.25, 0.3) is 9.70 Å². The highest BCUT2D eigenvalue weighted by molar-refractivity contribution is 6.76. The quantitative estimate of drug-likeness (QED) is 0.755. The number of carbonyl (C=O) groups excluding carboxylic acids is 1. The molecule has 0 heterocycles. The van der Waals surface area contributed by atoms with Crippen LogP contribution in [0.2, 0.25) is 0 Å². The highest BCUT2D eigenvalue weighted by Crippen LogP contribution is 2.31. The average molecular weight is 329 g/mol. The summed E-state index contributed by atoms with van der Waals surface area (Å²) >= 11 is 17.2. The Balaban J connectivity index is 2.33. The number of carbonyl (C=O) groups is 1. The first-order valence-corrected chi connectivity index (χ1v) is 7.09. The number of hydrogen-bond acceptors (Lipinski definition) is 1. The molecule has 0 atom stereocenters. The molecule has 0 radical (unpaired) electrons. The Bertz CT molecular complexity index is 567. The Labute approximate surface area is 132 Å². The number of halogens is 3. The third-order valence-corrected chi connectivity index (χ3v) is 3.22. The van der Waals surface area contributed by atoms with Crippen molar-refractivity contribution in [3.05, 3.63) is 66.2 Å². The normalized spacial score (nSPS) is 11.2. The molecule has 0 spiro atoms. The standard InChI is InChI=1S/C15H12Cl3NO/c16-15(17,18)14(20)19(13-9-5-2-6-10-13)11-12-7-3-1-4-8-12/h1-10H,11H2. The van der Waals surface area contributed by atoms with Gasteiger partial charge < -0.3 is 4.90 Å². The topological polar surface area (TPSA) is 20.3 Å². The van der Waals surface area contributed by atoms with E-state index < -0.39 is 9.70 Å². The van der Waals surface area contributed by atoms with Crippen LogP contribution in [0.25, 0.3) is 0 Å². The average Bonchev–Trinajstić information content (AvgIpc) is 2.45. The van der Waals surface area contributed by atoms with Crippen LogP contribution in [0.4, 0.5) is 5.69 Å². The van der Waals surface area contributed by atoms with Crippen molar-refractivity contribution in [2.24, 2.45) is 0 Å². The van der Waals surface area contributed by atoms with Gasteiger partial charge in [-0.1, -0.05) is 83.3 Å². The van der Waals surface area contributed by atoms with Crippen molar-refractivity contribution in [1.82, 2.24) is 0 Å². The zero-order chi connectivity index (χ0) is 14.6. The second-order valence-electron chi connectivity index (χ2n) is 4.21. The number of nitrogens with zero attached hydrogens (tertiary/aromatic N) is 1. The van der Waals surface area contributed by atoms with E-state index in [1.807, 2.05) is 48.5 Å². The van der Waals surface area contributed by atoms with Crippen LogP contribution in [0.15, 0.2) is 60.7 Å². The highest BCUT2D eigenvalue weighted by atomic mass is 35.6. The third kappa shape index (κ3) is 3.89. The molecule has 2 aromatic rings. The number of hydrogen-bond donors (Lipinski definition) is 0. The van der Waals surface area contributed by atoms with E-state index in [1.165, 1.54) is 4.90 Å². The second-order valence-corrected chi connectivity index (χ2v) is 6.49. The molecule has 2 nitrogen and oxygen atoms in total. The summed E-state index contributed by atoms with van der Waals surface area (Å²) in [6, 6.07) is 18.7. The molecule has 0 aromatic heterocycles. The lowest BCUT2D eigenvalue weighted by Gasteiger charge is -2.26. The smallest absolute Gasteiger partial charge is 0.279 e. The molecule has 0 aliphatic heterocycles. The minimum absolute atomic E-state index is 0.345. The summed E-state index contributed by atoms with van der Waals surface area (Å²) in [4.78, 5) is 13.8. The minimum Gasteiger partial charge on any atom is -0.304 e. The monoisotopic (exact) mass is 327 g/mol. The van der Waals surface area contributed by atoms with Gasteiger partial charge in [0.05, 0.1) is 6.54 Å². The molecule has 0 aliphatic carbocycles. The largest absolute Gasteiger partial charge is 0.304 e. The predicted molar refractivity (Wildman–Crippen MR) is 84.4 cm³/mol. The molecule has 0 unspecified atom stereocenters. The van der Waals surface area contributed by atoms with Gasteiger partial charge >= 0.3 is 0 Å². The highest BCUT2D eigenvalue weighted by Gasteiger charge is 2.35. The number of rotatable bonds is 3. The Morgan fingerprint density at radius 1 is 0.900 bits per heavy atom. The number of benzene rings is 2. The summed E-state index contributed by atoms with van der Waals surface area (Å²) in [6.07, 6.45) is 0. The van der Waals surface area contributed by atoms with Gasteiger partial charge in [0, 0.05) is 5.69 Å². The van der Waals surface area contributed by atoms with Crippen LogP contribution in [-0.4, -0.2) is 9.70 Å². The van der Waals surface area contributed by atoms with Crippen molar-refractivity contribution in [2.45, 2.75) is 10.3 Å². The van der Waals surface area contributed by atoms with Crippen molar-refractivity contribution in [3.8, 4) is 0 Å². The van der Waals surface area contributed by atoms with Gasteiger partial charge in [0.15, 0.2) is 0 Å². The van der Waals surface area contributed by atoms with Gasteiger partial charge in [0.1, 0.15) is 0 Å². The summed E-state index contributed by atoms with van der Waals surface area (Å²) in [5.41, 5.74) is 1.65. The molecule has 104 valence electrons. The van der Waals surface area contributed by atoms with E-state index in [4.69, 9.17) is 34.8 Å². The van der Waals surface area contributed by atoms with Crippen LogP contribution < -0.4 is 4.90 Å².